The van der Waals surface area contributed by atoms with Gasteiger partial charge in [0, 0.05) is 11.8 Å². The minimum atomic E-state index is -0.826. The van der Waals surface area contributed by atoms with E-state index < -0.39 is 20.8 Å². The van der Waals surface area contributed by atoms with E-state index in [2.05, 4.69) is 45.7 Å². The monoisotopic (exact) mass is 455 g/mol. The number of benzene rings is 2. The molecule has 2 aromatic carbocycles. The number of phenolic OH excluding ortho intramolecular Hbond substituents is 1. The van der Waals surface area contributed by atoms with Crippen LogP contribution in [0.2, 0.25) is 0 Å². The van der Waals surface area contributed by atoms with Gasteiger partial charge in [-0.15, -0.1) is 0 Å². The summed E-state index contributed by atoms with van der Waals surface area (Å²) in [5.41, 5.74) is 3.77. The average molecular weight is 458 g/mol. The van der Waals surface area contributed by atoms with Gasteiger partial charge in [0.1, 0.15) is 5.75 Å². The van der Waals surface area contributed by atoms with Crippen LogP contribution in [0.25, 0.3) is 0 Å². The van der Waals surface area contributed by atoms with Crippen LogP contribution in [0.5, 0.6) is 5.75 Å². The van der Waals surface area contributed by atoms with Gasteiger partial charge in [0.25, 0.3) is 0 Å². The first-order chi connectivity index (χ1) is 11.7. The van der Waals surface area contributed by atoms with Gasteiger partial charge in [-0.1, -0.05) is 65.0 Å². The van der Waals surface area contributed by atoms with Crippen molar-refractivity contribution >= 4 is 28.9 Å². The zero-order valence-corrected chi connectivity index (χ0v) is 19.3. The summed E-state index contributed by atoms with van der Waals surface area (Å²) in [5, 5.41) is 10.5. The molecule has 0 spiro atoms. The Hall–Kier alpha value is -0.627. The van der Waals surface area contributed by atoms with Crippen molar-refractivity contribution < 1.29 is 26.0 Å². The van der Waals surface area contributed by atoms with E-state index in [1.54, 1.807) is 6.21 Å². The Kier molecular flexibility index (Phi) is 9.42. The van der Waals surface area contributed by atoms with Crippen LogP contribution in [0.1, 0.15) is 57.2 Å². The van der Waals surface area contributed by atoms with Crippen molar-refractivity contribution in [2.24, 2.45) is 4.99 Å². The van der Waals surface area contributed by atoms with Crippen molar-refractivity contribution in [2.45, 2.75) is 46.0 Å². The van der Waals surface area contributed by atoms with Crippen LogP contribution in [-0.4, -0.2) is 11.3 Å². The summed E-state index contributed by atoms with van der Waals surface area (Å²) in [7, 11) is 9.87. The molecule has 0 atom stereocenters. The Labute approximate surface area is 170 Å². The zero-order valence-electron chi connectivity index (χ0n) is 15.3. The Morgan fingerprint density at radius 3 is 2.20 bits per heavy atom. The first-order valence-electron chi connectivity index (χ1n) is 8.14. The Morgan fingerprint density at radius 1 is 1.04 bits per heavy atom. The molecule has 0 radical (unpaired) electrons. The van der Waals surface area contributed by atoms with Crippen molar-refractivity contribution in [2.75, 3.05) is 0 Å². The SMILES string of the molecule is CC(C)c1ccccc1N=Cc1cccc(C(C)(C)C)c1O.[Cl][Zr][Cl]. The third kappa shape index (κ3) is 6.89. The molecule has 2 aromatic rings. The van der Waals surface area contributed by atoms with Crippen molar-refractivity contribution in [1.82, 2.24) is 0 Å². The number of hydrogen-bond acceptors (Lipinski definition) is 2. The van der Waals surface area contributed by atoms with E-state index in [1.165, 1.54) is 5.56 Å². The van der Waals surface area contributed by atoms with E-state index in [4.69, 9.17) is 17.0 Å². The molecule has 2 nitrogen and oxygen atoms in total. The minimum absolute atomic E-state index is 0.0935. The second kappa shape index (κ2) is 10.5. The van der Waals surface area contributed by atoms with E-state index in [-0.39, 0.29) is 5.41 Å². The standard InChI is InChI=1S/C20H25NO.2ClH.Zr/c1-14(2)16-10-6-7-12-18(16)21-13-15-9-8-11-17(19(15)22)20(3,4)5;;;/h6-14,22H,1-5H3;2*1H;/q;;;+2/p-2. The van der Waals surface area contributed by atoms with Gasteiger partial charge in [-0.3, -0.25) is 4.99 Å². The van der Waals surface area contributed by atoms with E-state index in [0.29, 0.717) is 11.7 Å². The third-order valence-corrected chi connectivity index (χ3v) is 3.78. The fraction of sp³-hybridized carbons (Fsp3) is 0.350. The molecular formula is C20H25Cl2NOZr. The number of aliphatic imine (C=N–C) groups is 1. The predicted octanol–water partition coefficient (Wildman–Crippen LogP) is 6.94. The molecule has 0 aromatic heterocycles. The van der Waals surface area contributed by atoms with Gasteiger partial charge in [0.2, 0.25) is 0 Å². The second-order valence-electron chi connectivity index (χ2n) is 7.04. The summed E-state index contributed by atoms with van der Waals surface area (Å²) in [6.45, 7) is 10.6. The molecule has 0 saturated carbocycles. The zero-order chi connectivity index (χ0) is 19.0. The van der Waals surface area contributed by atoms with Gasteiger partial charge < -0.3 is 5.11 Å². The van der Waals surface area contributed by atoms with Gasteiger partial charge in [-0.05, 0) is 34.6 Å². The molecule has 5 heteroatoms. The van der Waals surface area contributed by atoms with Crippen molar-refractivity contribution in [3.63, 3.8) is 0 Å². The average Bonchev–Trinajstić information content (AvgIpc) is 2.53. The molecule has 0 heterocycles. The normalized spacial score (nSPS) is 11.4. The number of hydrogen-bond donors (Lipinski definition) is 1. The summed E-state index contributed by atoms with van der Waals surface area (Å²) in [5.74, 6) is 0.739. The van der Waals surface area contributed by atoms with Gasteiger partial charge in [0.05, 0.1) is 5.69 Å². The van der Waals surface area contributed by atoms with Crippen molar-refractivity contribution in [3.05, 3.63) is 59.2 Å². The van der Waals surface area contributed by atoms with E-state index >= 15 is 0 Å². The Balaban J connectivity index is 0.000000970. The first-order valence-corrected chi connectivity index (χ1v) is 14.5. The second-order valence-corrected chi connectivity index (χ2v) is 10.8. The van der Waals surface area contributed by atoms with Gasteiger partial charge in [-0.2, -0.15) is 0 Å². The van der Waals surface area contributed by atoms with Crippen molar-refractivity contribution in [3.8, 4) is 5.75 Å². The topological polar surface area (TPSA) is 32.6 Å². The van der Waals surface area contributed by atoms with E-state index in [1.807, 2.05) is 36.4 Å². The molecule has 0 bridgehead atoms. The maximum absolute atomic E-state index is 10.5. The summed E-state index contributed by atoms with van der Waals surface area (Å²) in [4.78, 5) is 4.60. The molecule has 134 valence electrons. The van der Waals surface area contributed by atoms with Crippen LogP contribution in [0, 0.1) is 0 Å². The number of nitrogens with zero attached hydrogens (tertiary/aromatic N) is 1. The van der Waals surface area contributed by atoms with Crippen LogP contribution in [-0.2, 0) is 26.3 Å². The molecule has 0 aliphatic carbocycles. The molecule has 0 aliphatic heterocycles. The molecule has 2 rings (SSSR count). The number of phenols is 1. The number of para-hydroxylation sites is 2. The van der Waals surface area contributed by atoms with Gasteiger partial charge in [0.15, 0.2) is 0 Å². The molecule has 0 amide bonds. The Bertz CT molecular complexity index is 709. The predicted molar refractivity (Wildman–Crippen MR) is 106 cm³/mol. The van der Waals surface area contributed by atoms with Crippen LogP contribution in [0.4, 0.5) is 5.69 Å². The van der Waals surface area contributed by atoms with Gasteiger partial charge >= 0.3 is 37.9 Å². The number of aromatic hydroxyl groups is 1. The molecule has 0 saturated heterocycles. The molecule has 0 aliphatic rings. The van der Waals surface area contributed by atoms with Crippen LogP contribution < -0.4 is 0 Å². The summed E-state index contributed by atoms with van der Waals surface area (Å²) in [6.07, 6.45) is 1.76. The van der Waals surface area contributed by atoms with Crippen LogP contribution in [0.15, 0.2) is 47.5 Å². The van der Waals surface area contributed by atoms with E-state index in [9.17, 15) is 5.11 Å². The molecule has 0 unspecified atom stereocenters. The maximum atomic E-state index is 10.5. The van der Waals surface area contributed by atoms with Gasteiger partial charge in [-0.25, -0.2) is 0 Å². The fourth-order valence-electron chi connectivity index (χ4n) is 2.50. The molecule has 1 N–H and O–H groups in total. The Morgan fingerprint density at radius 2 is 1.64 bits per heavy atom. The van der Waals surface area contributed by atoms with E-state index in [0.717, 1.165) is 16.8 Å². The third-order valence-electron chi connectivity index (χ3n) is 3.78. The molecular weight excluding hydrogens is 432 g/mol. The van der Waals surface area contributed by atoms with Crippen LogP contribution >= 0.6 is 17.0 Å². The number of halogens is 2. The number of rotatable bonds is 3. The molecule has 25 heavy (non-hydrogen) atoms. The quantitative estimate of drug-likeness (QED) is 0.498. The van der Waals surface area contributed by atoms with Crippen LogP contribution in [0.3, 0.4) is 0 Å². The first kappa shape index (κ1) is 22.4. The van der Waals surface area contributed by atoms with Crippen molar-refractivity contribution in [1.29, 1.82) is 0 Å². The fourth-order valence-corrected chi connectivity index (χ4v) is 2.50. The summed E-state index contributed by atoms with van der Waals surface area (Å²) < 4.78 is 0. The summed E-state index contributed by atoms with van der Waals surface area (Å²) in [6, 6.07) is 14.0. The summed E-state index contributed by atoms with van der Waals surface area (Å²) >= 11 is -0.826. The molecule has 0 fully saturated rings.